The first kappa shape index (κ1) is 11.3. The average molecular weight is 262 g/mol. The molecule has 2 aromatic carbocycles. The van der Waals surface area contributed by atoms with Crippen LogP contribution in [0.3, 0.4) is 0 Å². The van der Waals surface area contributed by atoms with Gasteiger partial charge in [-0.2, -0.15) is 0 Å². The number of nitrogens with zero attached hydrogens (tertiary/aromatic N) is 1. The number of aromatic amines is 1. The van der Waals surface area contributed by atoms with Crippen molar-refractivity contribution in [2.45, 2.75) is 13.3 Å². The molecule has 2 heterocycles. The molecule has 0 atom stereocenters. The fourth-order valence-electron chi connectivity index (χ4n) is 3.08. The number of para-hydroxylation sites is 2. The van der Waals surface area contributed by atoms with Gasteiger partial charge in [0.1, 0.15) is 5.65 Å². The van der Waals surface area contributed by atoms with E-state index in [-0.39, 0.29) is 5.56 Å². The molecule has 3 heteroatoms. The molecule has 0 fully saturated rings. The molecule has 20 heavy (non-hydrogen) atoms. The molecule has 0 saturated carbocycles. The van der Waals surface area contributed by atoms with Crippen LogP contribution in [0.5, 0.6) is 0 Å². The second-order valence-corrected chi connectivity index (χ2v) is 5.00. The molecule has 4 aromatic rings. The summed E-state index contributed by atoms with van der Waals surface area (Å²) in [5.41, 5.74) is 4.19. The van der Waals surface area contributed by atoms with Crippen molar-refractivity contribution in [1.29, 1.82) is 0 Å². The Bertz CT molecular complexity index is 1010. The highest BCUT2D eigenvalue weighted by Crippen LogP contribution is 2.27. The lowest BCUT2D eigenvalue weighted by Crippen LogP contribution is -2.09. The van der Waals surface area contributed by atoms with Crippen molar-refractivity contribution in [2.24, 2.45) is 0 Å². The van der Waals surface area contributed by atoms with Crippen LogP contribution in [0.1, 0.15) is 12.5 Å². The zero-order valence-corrected chi connectivity index (χ0v) is 11.2. The number of aryl methyl sites for hydroxylation is 1. The Labute approximate surface area is 115 Å². The van der Waals surface area contributed by atoms with Gasteiger partial charge in [0.25, 0.3) is 5.56 Å². The SMILES string of the molecule is CCc1c2ccccc2n2c1[nH]c(=O)c1ccccc12. The van der Waals surface area contributed by atoms with Crippen LogP contribution >= 0.6 is 0 Å². The predicted octanol–water partition coefficient (Wildman–Crippen LogP) is 3.50. The zero-order chi connectivity index (χ0) is 13.7. The van der Waals surface area contributed by atoms with Crippen LogP contribution < -0.4 is 5.56 Å². The van der Waals surface area contributed by atoms with Crippen molar-refractivity contribution in [2.75, 3.05) is 0 Å². The van der Waals surface area contributed by atoms with Gasteiger partial charge < -0.3 is 4.98 Å². The van der Waals surface area contributed by atoms with Crippen LogP contribution in [0.15, 0.2) is 53.3 Å². The summed E-state index contributed by atoms with van der Waals surface area (Å²) in [5, 5.41) is 1.94. The van der Waals surface area contributed by atoms with Crippen molar-refractivity contribution in [3.05, 3.63) is 64.4 Å². The molecule has 3 nitrogen and oxygen atoms in total. The van der Waals surface area contributed by atoms with Crippen molar-refractivity contribution in [1.82, 2.24) is 9.38 Å². The first-order valence-corrected chi connectivity index (χ1v) is 6.84. The number of fused-ring (bicyclic) bond motifs is 5. The van der Waals surface area contributed by atoms with E-state index >= 15 is 0 Å². The Morgan fingerprint density at radius 1 is 0.950 bits per heavy atom. The topological polar surface area (TPSA) is 37.3 Å². The van der Waals surface area contributed by atoms with Gasteiger partial charge in [-0.1, -0.05) is 37.3 Å². The third-order valence-corrected chi connectivity index (χ3v) is 3.95. The van der Waals surface area contributed by atoms with Crippen molar-refractivity contribution < 1.29 is 0 Å². The summed E-state index contributed by atoms with van der Waals surface area (Å²) in [6.07, 6.45) is 0.894. The van der Waals surface area contributed by atoms with E-state index in [0.717, 1.165) is 28.5 Å². The van der Waals surface area contributed by atoms with Gasteiger partial charge in [0, 0.05) is 10.9 Å². The summed E-state index contributed by atoms with van der Waals surface area (Å²) < 4.78 is 2.16. The molecule has 1 N–H and O–H groups in total. The zero-order valence-electron chi connectivity index (χ0n) is 11.2. The summed E-state index contributed by atoms with van der Waals surface area (Å²) >= 11 is 0. The highest BCUT2D eigenvalue weighted by Gasteiger charge is 2.13. The first-order chi connectivity index (χ1) is 9.81. The quantitative estimate of drug-likeness (QED) is 0.560. The van der Waals surface area contributed by atoms with Crippen molar-refractivity contribution in [3.8, 4) is 0 Å². The number of nitrogens with one attached hydrogen (secondary N) is 1. The fraction of sp³-hybridized carbons (Fsp3) is 0.118. The molecule has 98 valence electrons. The number of hydrogen-bond donors (Lipinski definition) is 1. The van der Waals surface area contributed by atoms with E-state index in [9.17, 15) is 4.79 Å². The molecule has 0 bridgehead atoms. The van der Waals surface area contributed by atoms with Crippen LogP contribution in [0, 0.1) is 0 Å². The lowest BCUT2D eigenvalue weighted by Gasteiger charge is -2.04. The van der Waals surface area contributed by atoms with Gasteiger partial charge >= 0.3 is 0 Å². The first-order valence-electron chi connectivity index (χ1n) is 6.84. The minimum atomic E-state index is -0.0226. The Hall–Kier alpha value is -2.55. The third-order valence-electron chi connectivity index (χ3n) is 3.95. The van der Waals surface area contributed by atoms with Crippen LogP contribution in [-0.2, 0) is 6.42 Å². The van der Waals surface area contributed by atoms with Crippen LogP contribution in [0.25, 0.3) is 27.5 Å². The molecule has 0 aliphatic rings. The summed E-state index contributed by atoms with van der Waals surface area (Å²) in [5.74, 6) is 0. The van der Waals surface area contributed by atoms with Gasteiger partial charge in [-0.05, 0) is 24.6 Å². The lowest BCUT2D eigenvalue weighted by molar-refractivity contribution is 1.12. The Kier molecular flexibility index (Phi) is 2.24. The van der Waals surface area contributed by atoms with E-state index in [2.05, 4.69) is 28.4 Å². The Morgan fingerprint density at radius 3 is 2.25 bits per heavy atom. The number of rotatable bonds is 1. The van der Waals surface area contributed by atoms with Gasteiger partial charge in [0.05, 0.1) is 16.4 Å². The standard InChI is InChI=1S/C17H14N2O/c1-2-11-12-7-3-5-9-14(12)19-15-10-6-4-8-13(15)17(20)18-16(11)19/h3-10H,2H2,1H3,(H,18,20). The summed E-state index contributed by atoms with van der Waals surface area (Å²) in [7, 11) is 0. The van der Waals surface area contributed by atoms with E-state index in [0.29, 0.717) is 0 Å². The fourth-order valence-corrected chi connectivity index (χ4v) is 3.08. The Morgan fingerprint density at radius 2 is 1.55 bits per heavy atom. The normalized spacial score (nSPS) is 11.7. The molecule has 0 amide bonds. The molecule has 0 saturated heterocycles. The highest BCUT2D eigenvalue weighted by atomic mass is 16.1. The second-order valence-electron chi connectivity index (χ2n) is 5.00. The maximum absolute atomic E-state index is 12.3. The maximum atomic E-state index is 12.3. The van der Waals surface area contributed by atoms with Gasteiger partial charge in [-0.15, -0.1) is 0 Å². The molecule has 0 radical (unpaired) electrons. The van der Waals surface area contributed by atoms with Gasteiger partial charge in [-0.3, -0.25) is 9.20 Å². The molecule has 4 rings (SSSR count). The molecule has 0 aliphatic heterocycles. The van der Waals surface area contributed by atoms with Crippen LogP contribution in [0.4, 0.5) is 0 Å². The van der Waals surface area contributed by atoms with E-state index in [4.69, 9.17) is 0 Å². The smallest absolute Gasteiger partial charge is 0.258 e. The maximum Gasteiger partial charge on any atom is 0.258 e. The minimum Gasteiger partial charge on any atom is -0.307 e. The van der Waals surface area contributed by atoms with Gasteiger partial charge in [0.15, 0.2) is 0 Å². The average Bonchev–Trinajstić information content (AvgIpc) is 2.81. The van der Waals surface area contributed by atoms with Gasteiger partial charge in [-0.25, -0.2) is 0 Å². The molecule has 0 unspecified atom stereocenters. The van der Waals surface area contributed by atoms with Gasteiger partial charge in [0.2, 0.25) is 0 Å². The van der Waals surface area contributed by atoms with E-state index in [1.54, 1.807) is 0 Å². The second kappa shape index (κ2) is 3.97. The van der Waals surface area contributed by atoms with E-state index in [1.165, 1.54) is 10.9 Å². The summed E-state index contributed by atoms with van der Waals surface area (Å²) in [6, 6.07) is 16.0. The monoisotopic (exact) mass is 262 g/mol. The molecule has 0 spiro atoms. The molecule has 0 aliphatic carbocycles. The van der Waals surface area contributed by atoms with Crippen molar-refractivity contribution >= 4 is 27.5 Å². The van der Waals surface area contributed by atoms with Crippen molar-refractivity contribution in [3.63, 3.8) is 0 Å². The predicted molar refractivity (Wildman–Crippen MR) is 82.4 cm³/mol. The number of hydrogen-bond acceptors (Lipinski definition) is 1. The molecular formula is C17H14N2O. The van der Waals surface area contributed by atoms with E-state index < -0.39 is 0 Å². The molecule has 2 aromatic heterocycles. The Balaban J connectivity index is 2.43. The molecular weight excluding hydrogens is 248 g/mol. The third kappa shape index (κ3) is 1.32. The summed E-state index contributed by atoms with van der Waals surface area (Å²) in [6.45, 7) is 2.12. The minimum absolute atomic E-state index is 0.0226. The number of benzene rings is 2. The summed E-state index contributed by atoms with van der Waals surface area (Å²) in [4.78, 5) is 15.3. The highest BCUT2D eigenvalue weighted by molar-refractivity contribution is 5.96. The largest absolute Gasteiger partial charge is 0.307 e. The number of aromatic nitrogens is 2. The van der Waals surface area contributed by atoms with Crippen LogP contribution in [0.2, 0.25) is 0 Å². The van der Waals surface area contributed by atoms with E-state index in [1.807, 2.05) is 36.4 Å². The lowest BCUT2D eigenvalue weighted by atomic mass is 10.1. The number of H-pyrrole nitrogens is 1. The van der Waals surface area contributed by atoms with Crippen LogP contribution in [-0.4, -0.2) is 9.38 Å².